The molecule has 0 saturated heterocycles. The minimum Gasteiger partial charge on any atom is -0.330 e. The van der Waals surface area contributed by atoms with Crippen LogP contribution in [0.2, 0.25) is 0 Å². The van der Waals surface area contributed by atoms with Gasteiger partial charge in [0.25, 0.3) is 0 Å². The summed E-state index contributed by atoms with van der Waals surface area (Å²) in [6, 6.07) is 9.38. The Morgan fingerprint density at radius 2 is 1.61 bits per heavy atom. The zero-order valence-electron chi connectivity index (χ0n) is 12.7. The average molecular weight is 248 g/mol. The molecule has 0 aliphatic carbocycles. The van der Waals surface area contributed by atoms with Gasteiger partial charge in [-0.25, -0.2) is 0 Å². The minimum absolute atomic E-state index is 0.214. The fourth-order valence-electron chi connectivity index (χ4n) is 2.44. The van der Waals surface area contributed by atoms with E-state index < -0.39 is 0 Å². The van der Waals surface area contributed by atoms with E-state index in [1.165, 1.54) is 11.1 Å². The number of nitrogens with two attached hydrogens (primary N) is 1. The first-order valence-corrected chi connectivity index (χ1v) is 6.74. The molecule has 1 rings (SSSR count). The standard InChI is InChI=1S/C16H28N2/c1-12(11-17)15(18(5)6)13-7-9-14(10-8-13)16(2,3)4/h7-10,12,15H,11,17H2,1-6H3. The summed E-state index contributed by atoms with van der Waals surface area (Å²) in [6.07, 6.45) is 0. The van der Waals surface area contributed by atoms with Crippen LogP contribution >= 0.6 is 0 Å². The molecular formula is C16H28N2. The van der Waals surface area contributed by atoms with Gasteiger partial charge < -0.3 is 10.6 Å². The molecule has 0 amide bonds. The van der Waals surface area contributed by atoms with Gasteiger partial charge in [-0.05, 0) is 43.1 Å². The van der Waals surface area contributed by atoms with Crippen molar-refractivity contribution in [1.82, 2.24) is 4.90 Å². The topological polar surface area (TPSA) is 29.3 Å². The monoisotopic (exact) mass is 248 g/mol. The number of rotatable bonds is 4. The SMILES string of the molecule is CC(CN)C(c1ccc(C(C)(C)C)cc1)N(C)C. The molecule has 0 bridgehead atoms. The fraction of sp³-hybridized carbons (Fsp3) is 0.625. The summed E-state index contributed by atoms with van der Waals surface area (Å²) >= 11 is 0. The van der Waals surface area contributed by atoms with Crippen molar-refractivity contribution in [1.29, 1.82) is 0 Å². The third-order valence-corrected chi connectivity index (χ3v) is 3.59. The molecule has 2 heteroatoms. The van der Waals surface area contributed by atoms with Crippen LogP contribution in [0.4, 0.5) is 0 Å². The Hall–Kier alpha value is -0.860. The second kappa shape index (κ2) is 5.85. The molecule has 1 aromatic rings. The van der Waals surface area contributed by atoms with Gasteiger partial charge in [0, 0.05) is 6.04 Å². The Labute approximate surface area is 112 Å². The van der Waals surface area contributed by atoms with E-state index in [4.69, 9.17) is 5.73 Å². The second-order valence-electron chi connectivity index (χ2n) is 6.49. The number of hydrogen-bond acceptors (Lipinski definition) is 2. The molecule has 1 aromatic carbocycles. The van der Waals surface area contributed by atoms with E-state index in [1.54, 1.807) is 0 Å². The van der Waals surface area contributed by atoms with Crippen LogP contribution in [0.15, 0.2) is 24.3 Å². The van der Waals surface area contributed by atoms with Gasteiger partial charge >= 0.3 is 0 Å². The molecule has 102 valence electrons. The second-order valence-corrected chi connectivity index (χ2v) is 6.49. The van der Waals surface area contributed by atoms with Gasteiger partial charge in [0.1, 0.15) is 0 Å². The molecule has 0 aromatic heterocycles. The van der Waals surface area contributed by atoms with Gasteiger partial charge in [-0.1, -0.05) is 52.0 Å². The first-order chi connectivity index (χ1) is 8.27. The van der Waals surface area contributed by atoms with Gasteiger partial charge in [-0.3, -0.25) is 0 Å². The molecule has 0 aliphatic heterocycles. The minimum atomic E-state index is 0.214. The molecule has 0 radical (unpaired) electrons. The summed E-state index contributed by atoms with van der Waals surface area (Å²) in [7, 11) is 4.24. The van der Waals surface area contributed by atoms with Crippen LogP contribution in [0.3, 0.4) is 0 Å². The first kappa shape index (κ1) is 15.2. The maximum absolute atomic E-state index is 5.82. The van der Waals surface area contributed by atoms with E-state index >= 15 is 0 Å². The van der Waals surface area contributed by atoms with Crippen LogP contribution in [0.5, 0.6) is 0 Å². The lowest BCUT2D eigenvalue weighted by atomic mass is 9.85. The quantitative estimate of drug-likeness (QED) is 0.886. The molecule has 0 aliphatic rings. The van der Waals surface area contributed by atoms with E-state index in [1.807, 2.05) is 0 Å². The van der Waals surface area contributed by atoms with Crippen molar-refractivity contribution < 1.29 is 0 Å². The zero-order valence-corrected chi connectivity index (χ0v) is 12.7. The Morgan fingerprint density at radius 1 is 1.11 bits per heavy atom. The average Bonchev–Trinajstić information content (AvgIpc) is 2.28. The summed E-state index contributed by atoms with van der Waals surface area (Å²) in [6.45, 7) is 9.65. The molecule has 0 spiro atoms. The largest absolute Gasteiger partial charge is 0.330 e. The van der Waals surface area contributed by atoms with Crippen molar-refractivity contribution >= 4 is 0 Å². The van der Waals surface area contributed by atoms with Gasteiger partial charge in [0.15, 0.2) is 0 Å². The van der Waals surface area contributed by atoms with E-state index in [-0.39, 0.29) is 5.41 Å². The van der Waals surface area contributed by atoms with Gasteiger partial charge in [-0.2, -0.15) is 0 Å². The predicted molar refractivity (Wildman–Crippen MR) is 79.8 cm³/mol. The molecule has 2 N–H and O–H groups in total. The number of benzene rings is 1. The predicted octanol–water partition coefficient (Wildman–Crippen LogP) is 3.18. The highest BCUT2D eigenvalue weighted by atomic mass is 15.1. The van der Waals surface area contributed by atoms with E-state index in [9.17, 15) is 0 Å². The van der Waals surface area contributed by atoms with Crippen molar-refractivity contribution in [3.05, 3.63) is 35.4 Å². The highest BCUT2D eigenvalue weighted by Crippen LogP contribution is 2.29. The van der Waals surface area contributed by atoms with Crippen molar-refractivity contribution in [3.8, 4) is 0 Å². The van der Waals surface area contributed by atoms with Gasteiger partial charge in [0.05, 0.1) is 0 Å². The van der Waals surface area contributed by atoms with Gasteiger partial charge in [0.2, 0.25) is 0 Å². The molecule has 2 atom stereocenters. The zero-order chi connectivity index (χ0) is 13.9. The molecule has 0 saturated carbocycles. The molecule has 0 fully saturated rings. The summed E-state index contributed by atoms with van der Waals surface area (Å²) in [5.41, 5.74) is 8.77. The lowest BCUT2D eigenvalue weighted by Gasteiger charge is -2.30. The Morgan fingerprint density at radius 3 is 1.94 bits per heavy atom. The maximum atomic E-state index is 5.82. The van der Waals surface area contributed by atoms with Crippen LogP contribution in [-0.4, -0.2) is 25.5 Å². The van der Waals surface area contributed by atoms with Crippen LogP contribution in [0, 0.1) is 5.92 Å². The van der Waals surface area contributed by atoms with Crippen LogP contribution in [-0.2, 0) is 5.41 Å². The Kier molecular flexibility index (Phi) is 4.94. The Bertz CT molecular complexity index is 360. The Balaban J connectivity index is 3.01. The highest BCUT2D eigenvalue weighted by molar-refractivity contribution is 5.29. The van der Waals surface area contributed by atoms with Crippen molar-refractivity contribution in [2.45, 2.75) is 39.2 Å². The highest BCUT2D eigenvalue weighted by Gasteiger charge is 2.21. The van der Waals surface area contributed by atoms with Gasteiger partial charge in [-0.15, -0.1) is 0 Å². The molecule has 2 unspecified atom stereocenters. The lowest BCUT2D eigenvalue weighted by Crippen LogP contribution is -2.30. The third kappa shape index (κ3) is 3.56. The first-order valence-electron chi connectivity index (χ1n) is 6.74. The van der Waals surface area contributed by atoms with E-state index in [0.717, 1.165) is 0 Å². The normalized spacial score (nSPS) is 15.8. The number of hydrogen-bond donors (Lipinski definition) is 1. The van der Waals surface area contributed by atoms with Crippen LogP contribution in [0.1, 0.15) is 44.9 Å². The van der Waals surface area contributed by atoms with E-state index in [0.29, 0.717) is 18.5 Å². The number of nitrogens with zero attached hydrogens (tertiary/aromatic N) is 1. The van der Waals surface area contributed by atoms with Crippen molar-refractivity contribution in [2.24, 2.45) is 11.7 Å². The molecule has 18 heavy (non-hydrogen) atoms. The third-order valence-electron chi connectivity index (χ3n) is 3.59. The maximum Gasteiger partial charge on any atom is 0.0379 e. The van der Waals surface area contributed by atoms with Crippen molar-refractivity contribution in [3.63, 3.8) is 0 Å². The smallest absolute Gasteiger partial charge is 0.0379 e. The van der Waals surface area contributed by atoms with Crippen molar-refractivity contribution in [2.75, 3.05) is 20.6 Å². The van der Waals surface area contributed by atoms with Crippen LogP contribution in [0.25, 0.3) is 0 Å². The lowest BCUT2D eigenvalue weighted by molar-refractivity contribution is 0.227. The molecular weight excluding hydrogens is 220 g/mol. The fourth-order valence-corrected chi connectivity index (χ4v) is 2.44. The molecule has 0 heterocycles. The van der Waals surface area contributed by atoms with E-state index in [2.05, 4.69) is 71.0 Å². The molecule has 2 nitrogen and oxygen atoms in total. The summed E-state index contributed by atoms with van der Waals surface area (Å²) in [5.74, 6) is 0.459. The van der Waals surface area contributed by atoms with Crippen LogP contribution < -0.4 is 5.73 Å². The summed E-state index contributed by atoms with van der Waals surface area (Å²) < 4.78 is 0. The summed E-state index contributed by atoms with van der Waals surface area (Å²) in [5, 5.41) is 0. The summed E-state index contributed by atoms with van der Waals surface area (Å²) in [4.78, 5) is 2.25.